The van der Waals surface area contributed by atoms with E-state index in [9.17, 15) is 14.4 Å². The van der Waals surface area contributed by atoms with Crippen molar-refractivity contribution in [3.05, 3.63) is 113 Å². The van der Waals surface area contributed by atoms with Crippen LogP contribution in [0.1, 0.15) is 50.2 Å². The third-order valence-electron chi connectivity index (χ3n) is 9.61. The number of hydrogen-bond donors (Lipinski definition) is 1. The van der Waals surface area contributed by atoms with Gasteiger partial charge in [-0.05, 0) is 54.3 Å². The lowest BCUT2D eigenvalue weighted by molar-refractivity contribution is -0.122. The van der Waals surface area contributed by atoms with Gasteiger partial charge in [-0.3, -0.25) is 19.3 Å². The number of Topliss-reactive ketones (excluding diaryl/α,β-unsaturated/α-hetero) is 2. The molecule has 0 bridgehead atoms. The summed E-state index contributed by atoms with van der Waals surface area (Å²) in [6.07, 6.45) is 1.62. The van der Waals surface area contributed by atoms with Crippen LogP contribution in [0.5, 0.6) is 0 Å². The Hall–Kier alpha value is -4.09. The second-order valence-corrected chi connectivity index (χ2v) is 11.2. The number of nitrogens with zero attached hydrogens (tertiary/aromatic N) is 1. The van der Waals surface area contributed by atoms with Crippen molar-refractivity contribution in [1.29, 1.82) is 0 Å². The van der Waals surface area contributed by atoms with Gasteiger partial charge < -0.3 is 5.32 Å². The molecule has 0 saturated carbocycles. The van der Waals surface area contributed by atoms with Crippen LogP contribution < -0.4 is 5.32 Å². The lowest BCUT2D eigenvalue weighted by Crippen LogP contribution is -2.55. The molecule has 4 aliphatic rings. The number of nitrogens with one attached hydrogen (secondary N) is 1. The number of benzene rings is 4. The Morgan fingerprint density at radius 1 is 0.895 bits per heavy atom. The van der Waals surface area contributed by atoms with Crippen molar-refractivity contribution in [2.75, 3.05) is 11.9 Å². The molecular weight excluding hydrogens is 472 g/mol. The second-order valence-electron chi connectivity index (χ2n) is 11.2. The van der Waals surface area contributed by atoms with E-state index in [1.165, 1.54) is 0 Å². The molecule has 2 saturated heterocycles. The SMILES string of the molecule is Cc1ccc(C(=O)[C@H]2[C@]3(C(=O)Nc4ccccc43)C3CCCN3[C@]23C(=O)c2cccc4cccc3c24)cc1. The van der Waals surface area contributed by atoms with Crippen LogP contribution in [0, 0.1) is 12.8 Å². The minimum atomic E-state index is -1.25. The maximum atomic E-state index is 14.9. The molecule has 3 aliphatic heterocycles. The number of aryl methyl sites for hydroxylation is 1. The highest BCUT2D eigenvalue weighted by atomic mass is 16.2. The fraction of sp³-hybridized carbons (Fsp3) is 0.242. The van der Waals surface area contributed by atoms with Gasteiger partial charge in [-0.25, -0.2) is 0 Å². The molecule has 5 heteroatoms. The third-order valence-corrected chi connectivity index (χ3v) is 9.61. The Balaban J connectivity index is 1.51. The van der Waals surface area contributed by atoms with Crippen molar-refractivity contribution in [3.8, 4) is 0 Å². The molecule has 0 radical (unpaired) electrons. The van der Waals surface area contributed by atoms with Gasteiger partial charge in [0.1, 0.15) is 11.0 Å². The molecule has 1 aliphatic carbocycles. The van der Waals surface area contributed by atoms with E-state index < -0.39 is 16.9 Å². The first-order valence-electron chi connectivity index (χ1n) is 13.4. The van der Waals surface area contributed by atoms with Gasteiger partial charge in [0.2, 0.25) is 5.91 Å². The van der Waals surface area contributed by atoms with Crippen LogP contribution in [0.2, 0.25) is 0 Å². The molecule has 0 aromatic heterocycles. The van der Waals surface area contributed by atoms with Crippen molar-refractivity contribution in [3.63, 3.8) is 0 Å². The summed E-state index contributed by atoms with van der Waals surface area (Å²) in [5.41, 5.74) is 2.25. The minimum Gasteiger partial charge on any atom is -0.325 e. The van der Waals surface area contributed by atoms with Crippen molar-refractivity contribution >= 4 is 33.9 Å². The summed E-state index contributed by atoms with van der Waals surface area (Å²) < 4.78 is 0. The summed E-state index contributed by atoms with van der Waals surface area (Å²) in [5, 5.41) is 5.03. The predicted octanol–water partition coefficient (Wildman–Crippen LogP) is 5.41. The maximum Gasteiger partial charge on any atom is 0.237 e. The number of ketones is 2. The van der Waals surface area contributed by atoms with Crippen LogP contribution in [0.4, 0.5) is 5.69 Å². The number of fused-ring (bicyclic) bond motifs is 6. The zero-order valence-corrected chi connectivity index (χ0v) is 21.0. The summed E-state index contributed by atoms with van der Waals surface area (Å²) in [5.74, 6) is -1.29. The van der Waals surface area contributed by atoms with Gasteiger partial charge in [0.25, 0.3) is 0 Å². The fourth-order valence-electron chi connectivity index (χ4n) is 8.30. The second kappa shape index (κ2) is 7.27. The highest BCUT2D eigenvalue weighted by Crippen LogP contribution is 2.67. The van der Waals surface area contributed by atoms with Gasteiger partial charge in [-0.1, -0.05) is 84.4 Å². The molecule has 38 heavy (non-hydrogen) atoms. The highest BCUT2D eigenvalue weighted by Gasteiger charge is 2.78. The van der Waals surface area contributed by atoms with Crippen molar-refractivity contribution < 1.29 is 14.4 Å². The zero-order valence-electron chi connectivity index (χ0n) is 21.0. The van der Waals surface area contributed by atoms with Gasteiger partial charge in [-0.2, -0.15) is 0 Å². The van der Waals surface area contributed by atoms with Gasteiger partial charge in [0.05, 0.1) is 5.92 Å². The topological polar surface area (TPSA) is 66.5 Å². The van der Waals surface area contributed by atoms with Crippen LogP contribution in [0.25, 0.3) is 10.8 Å². The molecule has 2 spiro atoms. The monoisotopic (exact) mass is 498 g/mol. The number of carbonyl (C=O) groups is 3. The smallest absolute Gasteiger partial charge is 0.237 e. The van der Waals surface area contributed by atoms with E-state index in [0.29, 0.717) is 17.7 Å². The Morgan fingerprint density at radius 3 is 2.45 bits per heavy atom. The van der Waals surface area contributed by atoms with Gasteiger partial charge in [0.15, 0.2) is 11.6 Å². The van der Waals surface area contributed by atoms with Crippen LogP contribution >= 0.6 is 0 Å². The quantitative estimate of drug-likeness (QED) is 0.376. The van der Waals surface area contributed by atoms with E-state index in [0.717, 1.165) is 46.0 Å². The summed E-state index contributed by atoms with van der Waals surface area (Å²) in [7, 11) is 0. The summed E-state index contributed by atoms with van der Waals surface area (Å²) in [4.78, 5) is 46.4. The lowest BCUT2D eigenvalue weighted by atomic mass is 9.59. The van der Waals surface area contributed by atoms with Gasteiger partial charge in [0, 0.05) is 22.9 Å². The Morgan fingerprint density at radius 2 is 1.63 bits per heavy atom. The van der Waals surface area contributed by atoms with Crippen LogP contribution in [-0.4, -0.2) is 35.0 Å². The van der Waals surface area contributed by atoms with Gasteiger partial charge >= 0.3 is 0 Å². The first kappa shape index (κ1) is 21.9. The molecule has 4 aromatic carbocycles. The van der Waals surface area contributed by atoms with Crippen LogP contribution in [0.3, 0.4) is 0 Å². The molecule has 1 amide bonds. The first-order chi connectivity index (χ1) is 18.5. The molecule has 1 unspecified atom stereocenters. The van der Waals surface area contributed by atoms with Crippen LogP contribution in [-0.2, 0) is 15.7 Å². The van der Waals surface area contributed by atoms with E-state index in [1.54, 1.807) is 0 Å². The van der Waals surface area contributed by atoms with Crippen LogP contribution in [0.15, 0.2) is 84.9 Å². The standard InChI is InChI=1S/C33H26N2O3/c1-19-14-16-21(17-15-19)28(36)29-32(23-10-2-3-12-25(23)34-31(32)38)26-13-6-18-35(26)33(29)24-11-5-8-20-7-4-9-22(27(20)24)30(33)37/h2-5,7-12,14-17,26,29H,6,13,18H2,1H3,(H,34,38)/t26?,29-,32+,33-/m0/s1. The Bertz CT molecular complexity index is 1720. The van der Waals surface area contributed by atoms with Crippen molar-refractivity contribution in [2.24, 2.45) is 5.92 Å². The summed E-state index contributed by atoms with van der Waals surface area (Å²) in [6.45, 7) is 2.65. The average Bonchev–Trinajstić information content (AvgIpc) is 3.65. The number of rotatable bonds is 2. The Labute approximate surface area is 220 Å². The normalized spacial score (nSPS) is 28.9. The van der Waals surface area contributed by atoms with E-state index in [1.807, 2.05) is 91.9 Å². The van der Waals surface area contributed by atoms with Crippen molar-refractivity contribution in [1.82, 2.24) is 4.90 Å². The summed E-state index contributed by atoms with van der Waals surface area (Å²) in [6, 6.07) is 26.8. The zero-order chi connectivity index (χ0) is 25.8. The van der Waals surface area contributed by atoms with Gasteiger partial charge in [-0.15, -0.1) is 0 Å². The number of anilines is 1. The molecule has 3 heterocycles. The molecule has 1 N–H and O–H groups in total. The largest absolute Gasteiger partial charge is 0.325 e. The lowest BCUT2D eigenvalue weighted by Gasteiger charge is -2.39. The average molecular weight is 499 g/mol. The maximum absolute atomic E-state index is 14.9. The molecule has 4 atom stereocenters. The molecular formula is C33H26N2O3. The van der Waals surface area contributed by atoms with E-state index in [2.05, 4.69) is 10.2 Å². The molecule has 5 nitrogen and oxygen atoms in total. The molecule has 186 valence electrons. The highest BCUT2D eigenvalue weighted by molar-refractivity contribution is 6.25. The number of carbonyl (C=O) groups excluding carboxylic acids is 3. The van der Waals surface area contributed by atoms with Crippen molar-refractivity contribution in [2.45, 2.75) is 36.8 Å². The molecule has 2 fully saturated rings. The van der Waals surface area contributed by atoms with E-state index in [-0.39, 0.29) is 23.5 Å². The fourth-order valence-corrected chi connectivity index (χ4v) is 8.30. The van der Waals surface area contributed by atoms with E-state index in [4.69, 9.17) is 0 Å². The number of amides is 1. The number of para-hydroxylation sites is 1. The molecule has 8 rings (SSSR count). The third kappa shape index (κ3) is 2.31. The minimum absolute atomic E-state index is 0.0595. The van der Waals surface area contributed by atoms with E-state index >= 15 is 0 Å². The predicted molar refractivity (Wildman–Crippen MR) is 145 cm³/mol. The Kier molecular flexibility index (Phi) is 4.20. The summed E-state index contributed by atoms with van der Waals surface area (Å²) >= 11 is 0. The number of hydrogen-bond acceptors (Lipinski definition) is 4. The first-order valence-corrected chi connectivity index (χ1v) is 13.4. The molecule has 4 aromatic rings.